The van der Waals surface area contributed by atoms with Crippen LogP contribution in [0.5, 0.6) is 0 Å². The highest BCUT2D eigenvalue weighted by atomic mass is 15.1. The van der Waals surface area contributed by atoms with Gasteiger partial charge < -0.3 is 4.90 Å². The molecule has 0 saturated carbocycles. The van der Waals surface area contributed by atoms with Gasteiger partial charge in [-0.3, -0.25) is 0 Å². The number of hydrogen-bond donors (Lipinski definition) is 0. The van der Waals surface area contributed by atoms with Gasteiger partial charge in [-0.25, -0.2) is 0 Å². The van der Waals surface area contributed by atoms with E-state index in [4.69, 9.17) is 0 Å². The monoisotopic (exact) mass is 1080 g/mol. The van der Waals surface area contributed by atoms with E-state index in [0.29, 0.717) is 5.92 Å². The minimum atomic E-state index is 0.0663. The van der Waals surface area contributed by atoms with Crippen LogP contribution in [0.3, 0.4) is 0 Å². The molecule has 0 fully saturated rings. The van der Waals surface area contributed by atoms with Crippen molar-refractivity contribution in [1.29, 1.82) is 0 Å². The highest BCUT2D eigenvalue weighted by Gasteiger charge is 2.43. The third kappa shape index (κ3) is 14.1. The number of nitrogens with zero attached hydrogens (tertiary/aromatic N) is 1. The lowest BCUT2D eigenvalue weighted by atomic mass is 9.70. The topological polar surface area (TPSA) is 3.24 Å². The van der Waals surface area contributed by atoms with E-state index in [2.05, 4.69) is 204 Å². The van der Waals surface area contributed by atoms with Crippen LogP contribution in [0, 0.1) is 0 Å². The van der Waals surface area contributed by atoms with Gasteiger partial charge in [0.05, 0.1) is 0 Å². The quantitative estimate of drug-likeness (QED) is 0.0358. The summed E-state index contributed by atoms with van der Waals surface area (Å²) < 4.78 is 0. The van der Waals surface area contributed by atoms with Crippen LogP contribution in [-0.2, 0) is 10.8 Å². The average Bonchev–Trinajstić information content (AvgIpc) is 4.15. The molecule has 0 aliphatic heterocycles. The second-order valence-corrected chi connectivity index (χ2v) is 25.2. The zero-order valence-corrected chi connectivity index (χ0v) is 51.5. The van der Waals surface area contributed by atoms with Gasteiger partial charge in [-0.2, -0.15) is 0 Å². The molecule has 0 aromatic heterocycles. The van der Waals surface area contributed by atoms with Crippen LogP contribution in [0.4, 0.5) is 17.1 Å². The molecule has 0 bridgehead atoms. The maximum Gasteiger partial charge on any atom is 0.0462 e. The SMILES string of the molecule is CCCCCCCCC1(CCCCCCCC)c2ccccc2-c2ccc(-c3ccc(N(c4ccc(-c5ccc6c(c5)C(CCCCCCCC)(CCCCCCCC)c5ccccc5-6)cc4)c4ccc(C(C)CC)cc4)cc3)cc21. The molecule has 9 rings (SSSR count). The summed E-state index contributed by atoms with van der Waals surface area (Å²) in [7, 11) is 0. The standard InChI is InChI=1S/C80H103N/c1-7-12-16-20-24-32-56-79(57-33-25-21-17-13-8-2)75-38-30-28-36-71(75)73-54-46-66(60-77(73)79)64-42-50-69(51-43-64)81(68-48-40-63(41-49-68)62(6)11-5)70-52-44-65(45-53-70)67-47-55-74-72-37-29-31-39-76(72)80(78(74)61-67,58-34-26-22-18-14-9-3)59-35-27-23-19-15-10-4/h28-31,36-55,60-62H,7-27,32-35,56-59H2,1-6H3. The maximum atomic E-state index is 2.62. The van der Waals surface area contributed by atoms with E-state index in [9.17, 15) is 0 Å². The zero-order chi connectivity index (χ0) is 56.3. The molecular weight excluding hydrogens is 975 g/mol. The van der Waals surface area contributed by atoms with E-state index in [1.54, 1.807) is 22.3 Å². The van der Waals surface area contributed by atoms with Gasteiger partial charge in [0.1, 0.15) is 0 Å². The molecule has 0 saturated heterocycles. The molecule has 2 aliphatic carbocycles. The van der Waals surface area contributed by atoms with Crippen LogP contribution in [-0.4, -0.2) is 0 Å². The molecule has 428 valence electrons. The smallest absolute Gasteiger partial charge is 0.0462 e. The van der Waals surface area contributed by atoms with E-state index in [-0.39, 0.29) is 10.8 Å². The van der Waals surface area contributed by atoms with E-state index < -0.39 is 0 Å². The van der Waals surface area contributed by atoms with E-state index in [0.717, 1.165) is 6.42 Å². The Morgan fingerprint density at radius 1 is 0.296 bits per heavy atom. The average molecular weight is 1080 g/mol. The third-order valence-electron chi connectivity index (χ3n) is 19.6. The first-order valence-electron chi connectivity index (χ1n) is 33.5. The molecule has 0 N–H and O–H groups in total. The highest BCUT2D eigenvalue weighted by molar-refractivity contribution is 5.87. The maximum absolute atomic E-state index is 2.62. The Morgan fingerprint density at radius 3 is 0.938 bits per heavy atom. The van der Waals surface area contributed by atoms with Gasteiger partial charge >= 0.3 is 0 Å². The number of anilines is 3. The Kier molecular flexibility index (Phi) is 22.2. The molecule has 1 unspecified atom stereocenters. The van der Waals surface area contributed by atoms with Gasteiger partial charge in [0, 0.05) is 27.9 Å². The molecule has 0 radical (unpaired) electrons. The molecule has 0 amide bonds. The van der Waals surface area contributed by atoms with Gasteiger partial charge in [-0.1, -0.05) is 305 Å². The predicted molar refractivity (Wildman–Crippen MR) is 355 cm³/mol. The first-order valence-corrected chi connectivity index (χ1v) is 33.5. The van der Waals surface area contributed by atoms with Gasteiger partial charge in [-0.15, -0.1) is 0 Å². The van der Waals surface area contributed by atoms with Crippen LogP contribution in [0.1, 0.15) is 261 Å². The first kappa shape index (κ1) is 59.9. The van der Waals surface area contributed by atoms with Crippen molar-refractivity contribution in [1.82, 2.24) is 0 Å². The lowest BCUT2D eigenvalue weighted by molar-refractivity contribution is 0.398. The molecule has 1 atom stereocenters. The largest absolute Gasteiger partial charge is 0.311 e. The molecule has 2 aliphatic rings. The van der Waals surface area contributed by atoms with E-state index >= 15 is 0 Å². The van der Waals surface area contributed by atoms with Gasteiger partial charge in [0.25, 0.3) is 0 Å². The number of fused-ring (bicyclic) bond motifs is 6. The Balaban J connectivity index is 1.03. The van der Waals surface area contributed by atoms with Crippen molar-refractivity contribution in [3.63, 3.8) is 0 Å². The Morgan fingerprint density at radius 2 is 0.593 bits per heavy atom. The Bertz CT molecular complexity index is 2780. The fourth-order valence-corrected chi connectivity index (χ4v) is 14.7. The molecule has 1 heteroatoms. The highest BCUT2D eigenvalue weighted by Crippen LogP contribution is 2.57. The van der Waals surface area contributed by atoms with Crippen molar-refractivity contribution in [3.8, 4) is 44.5 Å². The van der Waals surface area contributed by atoms with Crippen molar-refractivity contribution in [3.05, 3.63) is 186 Å². The molecule has 81 heavy (non-hydrogen) atoms. The fourth-order valence-electron chi connectivity index (χ4n) is 14.7. The zero-order valence-electron chi connectivity index (χ0n) is 51.5. The predicted octanol–water partition coefficient (Wildman–Crippen LogP) is 25.5. The molecule has 1 nitrogen and oxygen atoms in total. The van der Waals surface area contributed by atoms with Gasteiger partial charge in [-0.05, 0) is 159 Å². The van der Waals surface area contributed by atoms with Crippen molar-refractivity contribution < 1.29 is 0 Å². The normalized spacial score (nSPS) is 13.9. The summed E-state index contributed by atoms with van der Waals surface area (Å²) in [4.78, 5) is 2.48. The van der Waals surface area contributed by atoms with Crippen LogP contribution < -0.4 is 4.90 Å². The lowest BCUT2D eigenvalue weighted by Crippen LogP contribution is -2.25. The van der Waals surface area contributed by atoms with Crippen molar-refractivity contribution >= 4 is 17.1 Å². The van der Waals surface area contributed by atoms with Crippen LogP contribution in [0.25, 0.3) is 44.5 Å². The van der Waals surface area contributed by atoms with Crippen molar-refractivity contribution in [2.75, 3.05) is 4.90 Å². The van der Waals surface area contributed by atoms with Gasteiger partial charge in [0.15, 0.2) is 0 Å². The summed E-state index contributed by atoms with van der Waals surface area (Å²) in [6.45, 7) is 14.0. The molecule has 0 spiro atoms. The van der Waals surface area contributed by atoms with Crippen molar-refractivity contribution in [2.45, 2.75) is 244 Å². The van der Waals surface area contributed by atoms with E-state index in [1.165, 1.54) is 247 Å². The molecular formula is C80H103N. The summed E-state index contributed by atoms with van der Waals surface area (Å²) in [6.07, 6.45) is 38.1. The second kappa shape index (κ2) is 30.1. The number of rotatable bonds is 35. The Labute approximate surface area is 493 Å². The minimum Gasteiger partial charge on any atom is -0.311 e. The summed E-state index contributed by atoms with van der Waals surface area (Å²) in [5.74, 6) is 0.525. The summed E-state index contributed by atoms with van der Waals surface area (Å²) in [6, 6.07) is 62.4. The van der Waals surface area contributed by atoms with Crippen LogP contribution in [0.15, 0.2) is 158 Å². The summed E-state index contributed by atoms with van der Waals surface area (Å²) in [5.41, 5.74) is 22.5. The fraction of sp³-hybridized carbons (Fsp3) is 0.475. The van der Waals surface area contributed by atoms with E-state index in [1.807, 2.05) is 0 Å². The summed E-state index contributed by atoms with van der Waals surface area (Å²) >= 11 is 0. The Hall–Kier alpha value is -5.66. The minimum absolute atomic E-state index is 0.0663. The van der Waals surface area contributed by atoms with Crippen LogP contribution >= 0.6 is 0 Å². The molecule has 7 aromatic rings. The number of unbranched alkanes of at least 4 members (excludes halogenated alkanes) is 20. The lowest BCUT2D eigenvalue weighted by Gasteiger charge is -2.33. The second-order valence-electron chi connectivity index (χ2n) is 25.2. The number of hydrogen-bond acceptors (Lipinski definition) is 1. The van der Waals surface area contributed by atoms with Gasteiger partial charge in [0.2, 0.25) is 0 Å². The molecule has 7 aromatic carbocycles. The summed E-state index contributed by atoms with van der Waals surface area (Å²) in [5, 5.41) is 0. The van der Waals surface area contributed by atoms with Crippen LogP contribution in [0.2, 0.25) is 0 Å². The first-order chi connectivity index (χ1) is 39.9. The van der Waals surface area contributed by atoms with Crippen molar-refractivity contribution in [2.24, 2.45) is 0 Å². The molecule has 0 heterocycles. The number of benzene rings is 7. The third-order valence-corrected chi connectivity index (χ3v) is 19.6.